The largest absolute Gasteiger partial charge is 0.396 e. The van der Waals surface area contributed by atoms with Gasteiger partial charge in [0.2, 0.25) is 0 Å². The number of carbonyl (C=O) groups is 1. The quantitative estimate of drug-likeness (QED) is 0.695. The van der Waals surface area contributed by atoms with Crippen molar-refractivity contribution in [3.8, 4) is 0 Å². The van der Waals surface area contributed by atoms with Crippen LogP contribution in [0.25, 0.3) is 0 Å². The molecule has 5 nitrogen and oxygen atoms in total. The van der Waals surface area contributed by atoms with Crippen molar-refractivity contribution in [1.29, 1.82) is 0 Å². The van der Waals surface area contributed by atoms with E-state index in [2.05, 4.69) is 10.3 Å². The third-order valence-corrected chi connectivity index (χ3v) is 2.53. The van der Waals surface area contributed by atoms with Crippen molar-refractivity contribution in [2.45, 2.75) is 20.3 Å². The first kappa shape index (κ1) is 13.4. The molecular formula is C12H18N2O3. The molecule has 17 heavy (non-hydrogen) atoms. The predicted molar refractivity (Wildman–Crippen MR) is 65.0 cm³/mol. The van der Waals surface area contributed by atoms with Gasteiger partial charge in [0, 0.05) is 18.8 Å². The first-order valence-electron chi connectivity index (χ1n) is 5.63. The lowest BCUT2D eigenvalue weighted by Crippen LogP contribution is -2.32. The molecule has 94 valence electrons. The van der Waals surface area contributed by atoms with Crippen molar-refractivity contribution in [3.05, 3.63) is 33.7 Å². The molecule has 3 N–H and O–H groups in total. The smallest absolute Gasteiger partial charge is 0.260 e. The number of aromatic amines is 1. The lowest BCUT2D eigenvalue weighted by molar-refractivity contribution is 0.0944. The van der Waals surface area contributed by atoms with Crippen LogP contribution < -0.4 is 10.9 Å². The van der Waals surface area contributed by atoms with Crippen LogP contribution in [0.2, 0.25) is 0 Å². The van der Waals surface area contributed by atoms with Gasteiger partial charge in [0.15, 0.2) is 0 Å². The highest BCUT2D eigenvalue weighted by molar-refractivity contribution is 5.93. The fourth-order valence-corrected chi connectivity index (χ4v) is 1.44. The van der Waals surface area contributed by atoms with Crippen LogP contribution in [0.15, 0.2) is 16.9 Å². The number of pyridine rings is 1. The van der Waals surface area contributed by atoms with Crippen molar-refractivity contribution < 1.29 is 9.90 Å². The fraction of sp³-hybridized carbons (Fsp3) is 0.500. The SMILES string of the molecule is Cc1ccc(C(=O)NCC(C)CCO)c(=O)[nH]1. The van der Waals surface area contributed by atoms with E-state index in [4.69, 9.17) is 5.11 Å². The van der Waals surface area contributed by atoms with Crippen LogP contribution in [-0.4, -0.2) is 29.1 Å². The summed E-state index contributed by atoms with van der Waals surface area (Å²) in [6.45, 7) is 4.23. The van der Waals surface area contributed by atoms with E-state index in [1.807, 2.05) is 6.92 Å². The Bertz CT molecular complexity index is 440. The third kappa shape index (κ3) is 4.03. The topological polar surface area (TPSA) is 82.2 Å². The average Bonchev–Trinajstić information content (AvgIpc) is 2.26. The predicted octanol–water partition coefficient (Wildman–Crippen LogP) is 0.432. The van der Waals surface area contributed by atoms with E-state index < -0.39 is 0 Å². The van der Waals surface area contributed by atoms with E-state index in [0.717, 1.165) is 5.69 Å². The highest BCUT2D eigenvalue weighted by Crippen LogP contribution is 1.99. The van der Waals surface area contributed by atoms with Crippen molar-refractivity contribution in [3.63, 3.8) is 0 Å². The molecule has 0 saturated carbocycles. The number of aryl methyl sites for hydroxylation is 1. The minimum absolute atomic E-state index is 0.0994. The average molecular weight is 238 g/mol. The van der Waals surface area contributed by atoms with Gasteiger partial charge in [0.25, 0.3) is 11.5 Å². The van der Waals surface area contributed by atoms with Gasteiger partial charge in [0.05, 0.1) is 0 Å². The molecule has 1 aromatic rings. The highest BCUT2D eigenvalue weighted by Gasteiger charge is 2.11. The van der Waals surface area contributed by atoms with Crippen LogP contribution in [0.5, 0.6) is 0 Å². The number of aliphatic hydroxyl groups is 1. The Hall–Kier alpha value is -1.62. The van der Waals surface area contributed by atoms with Crippen LogP contribution in [0.3, 0.4) is 0 Å². The first-order valence-corrected chi connectivity index (χ1v) is 5.63. The van der Waals surface area contributed by atoms with E-state index in [1.165, 1.54) is 6.07 Å². The molecule has 0 radical (unpaired) electrons. The Morgan fingerprint density at radius 3 is 2.82 bits per heavy atom. The third-order valence-electron chi connectivity index (χ3n) is 2.53. The number of aliphatic hydroxyl groups excluding tert-OH is 1. The lowest BCUT2D eigenvalue weighted by atomic mass is 10.1. The van der Waals surface area contributed by atoms with Gasteiger partial charge in [-0.25, -0.2) is 0 Å². The Kier molecular flexibility index (Phi) is 4.90. The van der Waals surface area contributed by atoms with Crippen LogP contribution in [0, 0.1) is 12.8 Å². The van der Waals surface area contributed by atoms with Gasteiger partial charge in [-0.3, -0.25) is 9.59 Å². The molecule has 1 rings (SSSR count). The zero-order valence-corrected chi connectivity index (χ0v) is 10.1. The highest BCUT2D eigenvalue weighted by atomic mass is 16.3. The molecule has 1 unspecified atom stereocenters. The Balaban J connectivity index is 2.61. The summed E-state index contributed by atoms with van der Waals surface area (Å²) in [5, 5.41) is 11.4. The molecule has 0 saturated heterocycles. The Morgan fingerprint density at radius 2 is 2.24 bits per heavy atom. The summed E-state index contributed by atoms with van der Waals surface area (Å²) in [7, 11) is 0. The number of aromatic nitrogens is 1. The van der Waals surface area contributed by atoms with Gasteiger partial charge in [-0.05, 0) is 31.4 Å². The summed E-state index contributed by atoms with van der Waals surface area (Å²) in [6.07, 6.45) is 0.629. The number of hydrogen-bond donors (Lipinski definition) is 3. The summed E-state index contributed by atoms with van der Waals surface area (Å²) in [6, 6.07) is 3.20. The van der Waals surface area contributed by atoms with Crippen LogP contribution in [0.1, 0.15) is 29.4 Å². The maximum Gasteiger partial charge on any atom is 0.260 e. The van der Waals surface area contributed by atoms with Crippen LogP contribution in [-0.2, 0) is 0 Å². The maximum absolute atomic E-state index is 11.7. The fourth-order valence-electron chi connectivity index (χ4n) is 1.44. The van der Waals surface area contributed by atoms with Gasteiger partial charge >= 0.3 is 0 Å². The normalized spacial score (nSPS) is 12.2. The van der Waals surface area contributed by atoms with Gasteiger partial charge < -0.3 is 15.4 Å². The molecule has 0 aliphatic heterocycles. The second-order valence-electron chi connectivity index (χ2n) is 4.21. The first-order chi connectivity index (χ1) is 8.04. The molecular weight excluding hydrogens is 220 g/mol. The molecule has 1 amide bonds. The van der Waals surface area contributed by atoms with Gasteiger partial charge in [-0.15, -0.1) is 0 Å². The Labute approximate surface area is 99.9 Å². The molecule has 5 heteroatoms. The minimum Gasteiger partial charge on any atom is -0.396 e. The van der Waals surface area contributed by atoms with Gasteiger partial charge in [-0.1, -0.05) is 6.92 Å². The maximum atomic E-state index is 11.7. The van der Waals surface area contributed by atoms with Crippen molar-refractivity contribution in [2.24, 2.45) is 5.92 Å². The molecule has 0 spiro atoms. The molecule has 1 heterocycles. The van der Waals surface area contributed by atoms with Crippen molar-refractivity contribution in [2.75, 3.05) is 13.2 Å². The zero-order valence-electron chi connectivity index (χ0n) is 10.1. The molecule has 1 aromatic heterocycles. The van der Waals surface area contributed by atoms with E-state index in [-0.39, 0.29) is 29.6 Å². The van der Waals surface area contributed by atoms with Crippen LogP contribution >= 0.6 is 0 Å². The van der Waals surface area contributed by atoms with E-state index in [9.17, 15) is 9.59 Å². The molecule has 0 bridgehead atoms. The number of amides is 1. The monoisotopic (exact) mass is 238 g/mol. The molecule has 0 aromatic carbocycles. The van der Waals surface area contributed by atoms with Crippen molar-refractivity contribution in [1.82, 2.24) is 10.3 Å². The number of nitrogens with one attached hydrogen (secondary N) is 2. The number of H-pyrrole nitrogens is 1. The summed E-state index contributed by atoms with van der Waals surface area (Å²) >= 11 is 0. The number of rotatable bonds is 5. The standard InChI is InChI=1S/C12H18N2O3/c1-8(5-6-15)7-13-11(16)10-4-3-9(2)14-12(10)17/h3-4,8,15H,5-7H2,1-2H3,(H,13,16)(H,14,17). The zero-order chi connectivity index (χ0) is 12.8. The van der Waals surface area contributed by atoms with E-state index in [1.54, 1.807) is 13.0 Å². The van der Waals surface area contributed by atoms with E-state index >= 15 is 0 Å². The lowest BCUT2D eigenvalue weighted by Gasteiger charge is -2.10. The summed E-state index contributed by atoms with van der Waals surface area (Å²) < 4.78 is 0. The summed E-state index contributed by atoms with van der Waals surface area (Å²) in [4.78, 5) is 25.8. The second kappa shape index (κ2) is 6.20. The van der Waals surface area contributed by atoms with Crippen molar-refractivity contribution >= 4 is 5.91 Å². The van der Waals surface area contributed by atoms with Crippen LogP contribution in [0.4, 0.5) is 0 Å². The summed E-state index contributed by atoms with van der Waals surface area (Å²) in [5.41, 5.74) is 0.462. The number of hydrogen-bond acceptors (Lipinski definition) is 3. The van der Waals surface area contributed by atoms with Gasteiger partial charge in [-0.2, -0.15) is 0 Å². The molecule has 0 aliphatic rings. The molecule has 1 atom stereocenters. The van der Waals surface area contributed by atoms with E-state index in [0.29, 0.717) is 13.0 Å². The molecule has 0 aliphatic carbocycles. The minimum atomic E-state index is -0.379. The van der Waals surface area contributed by atoms with Gasteiger partial charge in [0.1, 0.15) is 5.56 Å². The second-order valence-corrected chi connectivity index (χ2v) is 4.21. The molecule has 0 fully saturated rings. The number of carbonyl (C=O) groups excluding carboxylic acids is 1. The summed E-state index contributed by atoms with van der Waals surface area (Å²) in [5.74, 6) is -0.190. The Morgan fingerprint density at radius 1 is 1.53 bits per heavy atom.